The van der Waals surface area contributed by atoms with Gasteiger partial charge in [0.1, 0.15) is 17.8 Å². The third kappa shape index (κ3) is 12.9. The first-order valence-electron chi connectivity index (χ1n) is 23.5. The van der Waals surface area contributed by atoms with E-state index < -0.39 is 78.0 Å². The molecule has 1 aliphatic heterocycles. The first-order chi connectivity index (χ1) is 35.3. The van der Waals surface area contributed by atoms with Gasteiger partial charge in [-0.2, -0.15) is 13.2 Å². The van der Waals surface area contributed by atoms with Crippen LogP contribution in [-0.4, -0.2) is 54.4 Å². The molecular formula is C58H51F3N4O7S. The van der Waals surface area contributed by atoms with Gasteiger partial charge in [0.05, 0.1) is 10.8 Å². The van der Waals surface area contributed by atoms with Gasteiger partial charge >= 0.3 is 23.8 Å². The summed E-state index contributed by atoms with van der Waals surface area (Å²) in [6, 6.07) is 56.0. The van der Waals surface area contributed by atoms with Crippen molar-refractivity contribution in [2.45, 2.75) is 55.2 Å². The molecule has 73 heavy (non-hydrogen) atoms. The lowest BCUT2D eigenvalue weighted by atomic mass is 9.99. The number of rotatable bonds is 21. The molecule has 372 valence electrons. The third-order valence-corrected chi connectivity index (χ3v) is 13.4. The molecule has 2 amide bonds. The molecule has 0 aliphatic carbocycles. The van der Waals surface area contributed by atoms with E-state index in [1.54, 1.807) is 74.5 Å². The van der Waals surface area contributed by atoms with Crippen molar-refractivity contribution in [3.8, 4) is 5.75 Å². The van der Waals surface area contributed by atoms with Crippen LogP contribution in [-0.2, 0) is 29.5 Å². The normalized spacial score (nSPS) is 13.5. The fourth-order valence-corrected chi connectivity index (χ4v) is 9.45. The summed E-state index contributed by atoms with van der Waals surface area (Å²) < 4.78 is 61.5. The number of nitrogens with zero attached hydrogens (tertiary/aromatic N) is 2. The predicted molar refractivity (Wildman–Crippen MR) is 271 cm³/mol. The molecule has 2 atom stereocenters. The van der Waals surface area contributed by atoms with Crippen LogP contribution in [0.25, 0.3) is 0 Å². The van der Waals surface area contributed by atoms with Crippen LogP contribution >= 0.6 is 11.8 Å². The zero-order valence-corrected chi connectivity index (χ0v) is 40.5. The maximum atomic E-state index is 14.6. The van der Waals surface area contributed by atoms with Gasteiger partial charge in [-0.05, 0) is 57.5 Å². The molecule has 0 spiro atoms. The van der Waals surface area contributed by atoms with Crippen molar-refractivity contribution in [2.75, 3.05) is 12.4 Å². The fourth-order valence-electron chi connectivity index (χ4n) is 8.13. The fraction of sp³-hybridized carbons (Fsp3) is 0.207. The second-order valence-electron chi connectivity index (χ2n) is 17.5. The van der Waals surface area contributed by atoms with E-state index in [2.05, 4.69) is 20.9 Å². The van der Waals surface area contributed by atoms with Gasteiger partial charge in [0.2, 0.25) is 5.91 Å². The zero-order chi connectivity index (χ0) is 51.4. The van der Waals surface area contributed by atoms with E-state index in [9.17, 15) is 32.3 Å². The molecule has 7 aromatic rings. The number of hydrogen-bond acceptors (Lipinski definition) is 10. The standard InChI is InChI=1S/C58H51F3N4O7S/c1-38(2)50(56(69)72-52(41-25-13-5-14-26-41)42-27-15-6-16-28-42)63-54(67)48(37-73-53(43-29-17-7-18-30-43)44-31-19-8-20-32-44)62-49(66)36-70-47-34-45(33-46(35-47)57(64-65-57)58(59,60)61)55(68)71-51(39-21-9-3-10-22-39)40-23-11-4-12-24-40/h3-35,38,48,50-53H,36-37H2,1-2H3,(H,62,66)(H,63,67)/t48-,50+/m0/s1. The summed E-state index contributed by atoms with van der Waals surface area (Å²) in [5.41, 5.74) is 0.715. The highest BCUT2D eigenvalue weighted by molar-refractivity contribution is 7.99. The molecule has 11 nitrogen and oxygen atoms in total. The van der Waals surface area contributed by atoms with E-state index in [0.29, 0.717) is 11.1 Å². The maximum absolute atomic E-state index is 14.6. The number of carbonyl (C=O) groups is 4. The van der Waals surface area contributed by atoms with E-state index >= 15 is 0 Å². The summed E-state index contributed by atoms with van der Waals surface area (Å²) in [5.74, 6) is -3.98. The van der Waals surface area contributed by atoms with Crippen molar-refractivity contribution in [3.63, 3.8) is 0 Å². The first kappa shape index (κ1) is 51.3. The molecule has 0 saturated carbocycles. The molecule has 1 aliphatic rings. The molecular weight excluding hydrogens is 954 g/mol. The van der Waals surface area contributed by atoms with Crippen molar-refractivity contribution in [1.29, 1.82) is 0 Å². The number of amides is 2. The third-order valence-electron chi connectivity index (χ3n) is 12.0. The van der Waals surface area contributed by atoms with Crippen LogP contribution < -0.4 is 15.4 Å². The number of halogens is 3. The highest BCUT2D eigenvalue weighted by Crippen LogP contribution is 2.53. The molecule has 2 N–H and O–H groups in total. The summed E-state index contributed by atoms with van der Waals surface area (Å²) in [6.45, 7) is 2.72. The molecule has 0 unspecified atom stereocenters. The van der Waals surface area contributed by atoms with Crippen molar-refractivity contribution < 1.29 is 46.6 Å². The van der Waals surface area contributed by atoms with Gasteiger partial charge in [0.25, 0.3) is 5.91 Å². The van der Waals surface area contributed by atoms with Crippen LogP contribution in [0.15, 0.2) is 210 Å². The molecule has 15 heteroatoms. The Morgan fingerprint density at radius 1 is 0.575 bits per heavy atom. The van der Waals surface area contributed by atoms with Crippen LogP contribution in [0, 0.1) is 5.92 Å². The van der Waals surface area contributed by atoms with Gasteiger partial charge < -0.3 is 24.8 Å². The number of hydrogen-bond donors (Lipinski definition) is 2. The number of thioether (sulfide) groups is 1. The molecule has 8 rings (SSSR count). The number of nitrogens with one attached hydrogen (secondary N) is 2. The van der Waals surface area contributed by atoms with Gasteiger partial charge in [-0.25, -0.2) is 9.59 Å². The van der Waals surface area contributed by atoms with Crippen LogP contribution in [0.4, 0.5) is 13.2 Å². The lowest BCUT2D eigenvalue weighted by Gasteiger charge is -2.28. The van der Waals surface area contributed by atoms with E-state index in [4.69, 9.17) is 14.2 Å². The van der Waals surface area contributed by atoms with E-state index in [-0.39, 0.29) is 22.3 Å². The number of benzene rings is 7. The molecule has 0 saturated heterocycles. The van der Waals surface area contributed by atoms with Gasteiger partial charge in [-0.1, -0.05) is 196 Å². The average molecular weight is 1010 g/mol. The van der Waals surface area contributed by atoms with Crippen LogP contribution in [0.2, 0.25) is 0 Å². The molecule has 0 fully saturated rings. The van der Waals surface area contributed by atoms with Gasteiger partial charge in [-0.15, -0.1) is 22.0 Å². The SMILES string of the molecule is CC(C)[C@@H](NC(=O)[C@H](CSC(c1ccccc1)c1ccccc1)NC(=O)COc1cc(C(=O)OC(c2ccccc2)c2ccccc2)cc(C2(C(F)(F)F)N=N2)c1)C(=O)OC(c1ccccc1)c1ccccc1. The van der Waals surface area contributed by atoms with E-state index in [1.807, 2.05) is 121 Å². The van der Waals surface area contributed by atoms with Gasteiger partial charge in [0, 0.05) is 11.3 Å². The summed E-state index contributed by atoms with van der Waals surface area (Å²) in [6.07, 6.45) is -6.70. The second-order valence-corrected chi connectivity index (χ2v) is 18.7. The number of carbonyl (C=O) groups excluding carboxylic acids is 4. The van der Waals surface area contributed by atoms with Crippen molar-refractivity contribution in [1.82, 2.24) is 10.6 Å². The zero-order valence-electron chi connectivity index (χ0n) is 39.7. The topological polar surface area (TPSA) is 145 Å². The molecule has 7 aromatic carbocycles. The number of esters is 2. The Bertz CT molecular complexity index is 2870. The quantitative estimate of drug-likeness (QED) is 0.0677. The van der Waals surface area contributed by atoms with E-state index in [1.165, 1.54) is 17.8 Å². The Morgan fingerprint density at radius 2 is 1.00 bits per heavy atom. The minimum Gasteiger partial charge on any atom is -0.484 e. The monoisotopic (exact) mass is 1000 g/mol. The second kappa shape index (κ2) is 23.5. The Morgan fingerprint density at radius 3 is 1.41 bits per heavy atom. The molecule has 0 radical (unpaired) electrons. The summed E-state index contributed by atoms with van der Waals surface area (Å²) in [4.78, 5) is 56.8. The lowest BCUT2D eigenvalue weighted by molar-refractivity contribution is -0.166. The smallest absolute Gasteiger partial charge is 0.442 e. The predicted octanol–water partition coefficient (Wildman–Crippen LogP) is 11.7. The summed E-state index contributed by atoms with van der Waals surface area (Å²) in [5, 5.41) is 12.0. The Kier molecular flexibility index (Phi) is 16.5. The van der Waals surface area contributed by atoms with E-state index in [0.717, 1.165) is 34.4 Å². The molecule has 1 heterocycles. The van der Waals surface area contributed by atoms with Crippen LogP contribution in [0.5, 0.6) is 5.75 Å². The Labute approximate surface area is 425 Å². The Balaban J connectivity index is 1.05. The largest absolute Gasteiger partial charge is 0.484 e. The van der Waals surface area contributed by atoms with Crippen LogP contribution in [0.3, 0.4) is 0 Å². The summed E-state index contributed by atoms with van der Waals surface area (Å²) >= 11 is 1.38. The molecule has 0 aromatic heterocycles. The van der Waals surface area contributed by atoms with Crippen molar-refractivity contribution in [2.24, 2.45) is 16.1 Å². The lowest BCUT2D eigenvalue weighted by Crippen LogP contribution is -2.55. The highest BCUT2D eigenvalue weighted by Gasteiger charge is 2.65. The number of ether oxygens (including phenoxy) is 3. The first-order valence-corrected chi connectivity index (χ1v) is 24.6. The molecule has 0 bridgehead atoms. The van der Waals surface area contributed by atoms with Crippen molar-refractivity contribution >= 4 is 35.5 Å². The minimum absolute atomic E-state index is 0.00483. The van der Waals surface area contributed by atoms with Gasteiger partial charge in [0.15, 0.2) is 18.8 Å². The Hall–Kier alpha value is -8.04. The summed E-state index contributed by atoms with van der Waals surface area (Å²) in [7, 11) is 0. The average Bonchev–Trinajstić information content (AvgIpc) is 4.25. The maximum Gasteiger partial charge on any atom is 0.442 e. The van der Waals surface area contributed by atoms with Gasteiger partial charge in [-0.3, -0.25) is 9.59 Å². The minimum atomic E-state index is -4.97. The van der Waals surface area contributed by atoms with Crippen LogP contribution in [0.1, 0.15) is 80.6 Å². The highest BCUT2D eigenvalue weighted by atomic mass is 32.2. The number of alkyl halides is 3. The van der Waals surface area contributed by atoms with Crippen molar-refractivity contribution in [3.05, 3.63) is 245 Å².